The Morgan fingerprint density at radius 3 is 1.42 bits per heavy atom. The van der Waals surface area contributed by atoms with Gasteiger partial charge in [0.1, 0.15) is 36.6 Å². The lowest BCUT2D eigenvalue weighted by molar-refractivity contribution is -0.303. The summed E-state index contributed by atoms with van der Waals surface area (Å²) in [5.74, 6) is -0.701. The number of unbranched alkanes of at least 4 members (excludes halogenated alkanes) is 27. The zero-order valence-corrected chi connectivity index (χ0v) is 37.7. The van der Waals surface area contributed by atoms with Crippen molar-refractivity contribution in [1.29, 1.82) is 0 Å². The van der Waals surface area contributed by atoms with Crippen molar-refractivity contribution in [3.8, 4) is 0 Å². The molecule has 0 radical (unpaired) electrons. The Hall–Kier alpha value is -1.15. The third-order valence-electron chi connectivity index (χ3n) is 12.1. The SMILES string of the molecule is CCCCCCCCCCCCCC/C=C\CCCCCCCCC(O)C(=O)NC(COC1OC(CO)C(O)C(O)C1O)C(O)C(O)CCCCCCCCCCCC. The minimum Gasteiger partial charge on any atom is -0.394 e. The Balaban J connectivity index is 2.35. The normalized spacial score (nSPS) is 21.8. The summed E-state index contributed by atoms with van der Waals surface area (Å²) in [7, 11) is 0. The van der Waals surface area contributed by atoms with E-state index in [1.807, 2.05) is 0 Å². The molecule has 59 heavy (non-hydrogen) atoms. The van der Waals surface area contributed by atoms with E-state index in [-0.39, 0.29) is 6.42 Å². The van der Waals surface area contributed by atoms with Gasteiger partial charge in [0.05, 0.1) is 25.4 Å². The predicted molar refractivity (Wildman–Crippen MR) is 238 cm³/mol. The van der Waals surface area contributed by atoms with Crippen molar-refractivity contribution in [2.45, 2.75) is 274 Å². The lowest BCUT2D eigenvalue weighted by atomic mass is 9.98. The molecule has 11 heteroatoms. The molecule has 0 spiro atoms. The van der Waals surface area contributed by atoms with Gasteiger partial charge in [0.2, 0.25) is 5.91 Å². The lowest BCUT2D eigenvalue weighted by Crippen LogP contribution is -2.60. The molecule has 1 rings (SSSR count). The number of ether oxygens (including phenoxy) is 2. The first-order valence-electron chi connectivity index (χ1n) is 24.6. The minimum absolute atomic E-state index is 0.255. The highest BCUT2D eigenvalue weighted by molar-refractivity contribution is 5.80. The molecule has 0 aromatic rings. The maximum absolute atomic E-state index is 13.1. The van der Waals surface area contributed by atoms with Gasteiger partial charge in [0.15, 0.2) is 6.29 Å². The number of aliphatic hydroxyl groups excluding tert-OH is 7. The lowest BCUT2D eigenvalue weighted by Gasteiger charge is -2.40. The molecule has 0 aromatic heterocycles. The Kier molecular flexibility index (Phi) is 36.5. The van der Waals surface area contributed by atoms with E-state index < -0.39 is 74.2 Å². The van der Waals surface area contributed by atoms with Crippen molar-refractivity contribution in [2.24, 2.45) is 0 Å². The van der Waals surface area contributed by atoms with Crippen molar-refractivity contribution >= 4 is 5.91 Å². The van der Waals surface area contributed by atoms with Gasteiger partial charge in [-0.15, -0.1) is 0 Å². The second-order valence-electron chi connectivity index (χ2n) is 17.5. The average Bonchev–Trinajstić information content (AvgIpc) is 3.23. The molecule has 1 amide bonds. The van der Waals surface area contributed by atoms with Gasteiger partial charge in [-0.1, -0.05) is 193 Å². The highest BCUT2D eigenvalue weighted by Crippen LogP contribution is 2.23. The van der Waals surface area contributed by atoms with Crippen LogP contribution in [-0.4, -0.2) is 110 Å². The molecular formula is C48H93NO10. The van der Waals surface area contributed by atoms with Crippen molar-refractivity contribution in [3.63, 3.8) is 0 Å². The number of aliphatic hydroxyl groups is 7. The van der Waals surface area contributed by atoms with Crippen molar-refractivity contribution < 1.29 is 50.0 Å². The predicted octanol–water partition coefficient (Wildman–Crippen LogP) is 8.45. The van der Waals surface area contributed by atoms with Crippen LogP contribution in [0.4, 0.5) is 0 Å². The highest BCUT2D eigenvalue weighted by atomic mass is 16.7. The highest BCUT2D eigenvalue weighted by Gasteiger charge is 2.44. The summed E-state index contributed by atoms with van der Waals surface area (Å²) < 4.78 is 11.1. The number of carbonyl (C=O) groups excluding carboxylic acids is 1. The summed E-state index contributed by atoms with van der Waals surface area (Å²) in [6, 6.07) is -1.17. The van der Waals surface area contributed by atoms with Crippen LogP contribution in [0.1, 0.15) is 219 Å². The molecule has 1 aliphatic heterocycles. The average molecular weight is 844 g/mol. The van der Waals surface area contributed by atoms with Crippen molar-refractivity contribution in [2.75, 3.05) is 13.2 Å². The van der Waals surface area contributed by atoms with E-state index in [1.165, 1.54) is 128 Å². The zero-order chi connectivity index (χ0) is 43.4. The molecule has 0 saturated carbocycles. The van der Waals surface area contributed by atoms with Gasteiger partial charge in [-0.05, 0) is 38.5 Å². The van der Waals surface area contributed by atoms with E-state index in [4.69, 9.17) is 9.47 Å². The van der Waals surface area contributed by atoms with Gasteiger partial charge < -0.3 is 50.5 Å². The summed E-state index contributed by atoms with van der Waals surface area (Å²) in [6.07, 6.45) is 29.9. The number of carbonyl (C=O) groups is 1. The van der Waals surface area contributed by atoms with Gasteiger partial charge in [-0.2, -0.15) is 0 Å². The molecule has 0 aliphatic carbocycles. The van der Waals surface area contributed by atoms with E-state index in [0.29, 0.717) is 19.3 Å². The number of hydrogen-bond donors (Lipinski definition) is 8. The summed E-state index contributed by atoms with van der Waals surface area (Å²) in [6.45, 7) is 3.43. The van der Waals surface area contributed by atoms with Gasteiger partial charge in [0.25, 0.3) is 0 Å². The van der Waals surface area contributed by atoms with Crippen LogP contribution in [0, 0.1) is 0 Å². The third kappa shape index (κ3) is 28.2. The fraction of sp³-hybridized carbons (Fsp3) is 0.938. The molecule has 350 valence electrons. The van der Waals surface area contributed by atoms with Crippen LogP contribution in [0.5, 0.6) is 0 Å². The third-order valence-corrected chi connectivity index (χ3v) is 12.1. The topological polar surface area (TPSA) is 189 Å². The maximum atomic E-state index is 13.1. The molecule has 8 N–H and O–H groups in total. The summed E-state index contributed by atoms with van der Waals surface area (Å²) in [4.78, 5) is 13.1. The number of amides is 1. The van der Waals surface area contributed by atoms with Crippen LogP contribution in [-0.2, 0) is 14.3 Å². The molecule has 1 aliphatic rings. The van der Waals surface area contributed by atoms with E-state index in [1.54, 1.807) is 0 Å². The number of rotatable bonds is 41. The molecular weight excluding hydrogens is 751 g/mol. The monoisotopic (exact) mass is 844 g/mol. The van der Waals surface area contributed by atoms with E-state index >= 15 is 0 Å². The van der Waals surface area contributed by atoms with Crippen LogP contribution >= 0.6 is 0 Å². The fourth-order valence-electron chi connectivity index (χ4n) is 7.96. The number of hydrogen-bond acceptors (Lipinski definition) is 10. The minimum atomic E-state index is -1.66. The smallest absolute Gasteiger partial charge is 0.249 e. The Morgan fingerprint density at radius 1 is 0.576 bits per heavy atom. The fourth-order valence-corrected chi connectivity index (χ4v) is 7.96. The van der Waals surface area contributed by atoms with Crippen LogP contribution < -0.4 is 5.32 Å². The molecule has 1 fully saturated rings. The molecule has 9 atom stereocenters. The Bertz CT molecular complexity index is 970. The van der Waals surface area contributed by atoms with E-state index in [2.05, 4.69) is 31.3 Å². The largest absolute Gasteiger partial charge is 0.394 e. The quantitative estimate of drug-likeness (QED) is 0.0219. The van der Waals surface area contributed by atoms with Crippen LogP contribution in [0.25, 0.3) is 0 Å². The maximum Gasteiger partial charge on any atom is 0.249 e. The molecule has 0 aromatic carbocycles. The standard InChI is InChI=1S/C48H93NO10/c1-3-5-7-9-11-13-15-16-17-18-19-20-21-22-23-24-25-26-28-30-32-34-36-41(52)47(57)49-39(38-58-48-46(56)45(55)44(54)42(37-50)59-48)43(53)40(51)35-33-31-29-27-14-12-10-8-6-4-2/h22-23,39-46,48,50-56H,3-21,24-38H2,1-2H3,(H,49,57)/b23-22-. The van der Waals surface area contributed by atoms with Gasteiger partial charge in [-0.3, -0.25) is 4.79 Å². The van der Waals surface area contributed by atoms with Crippen LogP contribution in [0.2, 0.25) is 0 Å². The van der Waals surface area contributed by atoms with Crippen molar-refractivity contribution in [1.82, 2.24) is 5.32 Å². The Morgan fingerprint density at radius 2 is 0.983 bits per heavy atom. The second-order valence-corrected chi connectivity index (χ2v) is 17.5. The second kappa shape index (κ2) is 38.5. The van der Waals surface area contributed by atoms with E-state index in [9.17, 15) is 40.5 Å². The summed E-state index contributed by atoms with van der Waals surface area (Å²) in [5.41, 5.74) is 0. The summed E-state index contributed by atoms with van der Waals surface area (Å²) in [5, 5.41) is 75.6. The molecule has 9 unspecified atom stereocenters. The Labute approximate surface area is 360 Å². The van der Waals surface area contributed by atoms with Gasteiger partial charge in [-0.25, -0.2) is 0 Å². The number of nitrogens with one attached hydrogen (secondary N) is 1. The van der Waals surface area contributed by atoms with Gasteiger partial charge >= 0.3 is 0 Å². The molecule has 1 saturated heterocycles. The van der Waals surface area contributed by atoms with Crippen LogP contribution in [0.15, 0.2) is 12.2 Å². The van der Waals surface area contributed by atoms with Gasteiger partial charge in [0, 0.05) is 0 Å². The molecule has 0 bridgehead atoms. The first-order valence-corrected chi connectivity index (χ1v) is 24.6. The van der Waals surface area contributed by atoms with E-state index in [0.717, 1.165) is 51.4 Å². The summed E-state index contributed by atoms with van der Waals surface area (Å²) >= 11 is 0. The molecule has 11 nitrogen and oxygen atoms in total. The molecule has 1 heterocycles. The van der Waals surface area contributed by atoms with Crippen molar-refractivity contribution in [3.05, 3.63) is 12.2 Å². The number of allylic oxidation sites excluding steroid dienone is 2. The van der Waals surface area contributed by atoms with Crippen LogP contribution in [0.3, 0.4) is 0 Å². The first-order chi connectivity index (χ1) is 28.7. The first kappa shape index (κ1) is 55.9. The zero-order valence-electron chi connectivity index (χ0n) is 37.7.